The average molecular weight is 449 g/mol. The zero-order chi connectivity index (χ0) is 21.2. The lowest BCUT2D eigenvalue weighted by Gasteiger charge is -2.18. The van der Waals surface area contributed by atoms with Gasteiger partial charge in [0, 0.05) is 48.6 Å². The SMILES string of the molecule is CC(CCS(C)(=O)=O)NC(=NCC(=O)N(C)C)NCCSc1ccc(Cl)cc1. The fourth-order valence-corrected chi connectivity index (χ4v) is 3.68. The first-order valence-corrected chi connectivity index (χ1v) is 12.3. The highest BCUT2D eigenvalue weighted by Crippen LogP contribution is 2.19. The van der Waals surface area contributed by atoms with Gasteiger partial charge >= 0.3 is 0 Å². The molecular weight excluding hydrogens is 420 g/mol. The predicted molar refractivity (Wildman–Crippen MR) is 118 cm³/mol. The Labute approximate surface area is 177 Å². The summed E-state index contributed by atoms with van der Waals surface area (Å²) in [5.74, 6) is 1.27. The molecular formula is C18H29ClN4O3S2. The van der Waals surface area contributed by atoms with E-state index in [0.29, 0.717) is 23.9 Å². The minimum atomic E-state index is -3.02. The molecule has 1 rings (SSSR count). The van der Waals surface area contributed by atoms with E-state index in [-0.39, 0.29) is 24.2 Å². The number of benzene rings is 1. The van der Waals surface area contributed by atoms with Crippen LogP contribution in [-0.4, -0.2) is 76.2 Å². The molecule has 0 aliphatic heterocycles. The van der Waals surface area contributed by atoms with Crippen molar-refractivity contribution in [1.82, 2.24) is 15.5 Å². The van der Waals surface area contributed by atoms with Crippen LogP contribution in [0.3, 0.4) is 0 Å². The summed E-state index contributed by atoms with van der Waals surface area (Å²) in [5, 5.41) is 7.07. The van der Waals surface area contributed by atoms with Crippen LogP contribution in [0.1, 0.15) is 13.3 Å². The highest BCUT2D eigenvalue weighted by Gasteiger charge is 2.11. The lowest BCUT2D eigenvalue weighted by Crippen LogP contribution is -2.44. The van der Waals surface area contributed by atoms with Crippen LogP contribution in [0, 0.1) is 0 Å². The van der Waals surface area contributed by atoms with Crippen LogP contribution in [0.4, 0.5) is 0 Å². The molecule has 0 aromatic heterocycles. The van der Waals surface area contributed by atoms with Crippen molar-refractivity contribution in [3.63, 3.8) is 0 Å². The predicted octanol–water partition coefficient (Wildman–Crippen LogP) is 1.88. The number of rotatable bonds is 10. The van der Waals surface area contributed by atoms with Crippen molar-refractivity contribution in [2.75, 3.05) is 44.9 Å². The maximum atomic E-state index is 11.8. The average Bonchev–Trinajstić information content (AvgIpc) is 2.61. The van der Waals surface area contributed by atoms with Crippen LogP contribution in [0.2, 0.25) is 5.02 Å². The molecule has 0 bridgehead atoms. The second-order valence-electron chi connectivity index (χ2n) is 6.65. The lowest BCUT2D eigenvalue weighted by atomic mass is 10.3. The van der Waals surface area contributed by atoms with Gasteiger partial charge in [-0.2, -0.15) is 0 Å². The quantitative estimate of drug-likeness (QED) is 0.246. The van der Waals surface area contributed by atoms with Gasteiger partial charge in [-0.15, -0.1) is 11.8 Å². The summed E-state index contributed by atoms with van der Waals surface area (Å²) in [5.41, 5.74) is 0. The monoisotopic (exact) mass is 448 g/mol. The Morgan fingerprint density at radius 1 is 1.29 bits per heavy atom. The third-order valence-electron chi connectivity index (χ3n) is 3.65. The van der Waals surface area contributed by atoms with Gasteiger partial charge in [0.05, 0.1) is 5.75 Å². The van der Waals surface area contributed by atoms with E-state index in [2.05, 4.69) is 15.6 Å². The number of halogens is 1. The van der Waals surface area contributed by atoms with Crippen LogP contribution in [-0.2, 0) is 14.6 Å². The van der Waals surface area contributed by atoms with Crippen molar-refractivity contribution < 1.29 is 13.2 Å². The molecule has 0 aliphatic carbocycles. The van der Waals surface area contributed by atoms with Gasteiger partial charge in [0.25, 0.3) is 0 Å². The smallest absolute Gasteiger partial charge is 0.243 e. The van der Waals surface area contributed by atoms with E-state index in [0.717, 1.165) is 10.6 Å². The van der Waals surface area contributed by atoms with Crippen molar-refractivity contribution in [3.8, 4) is 0 Å². The van der Waals surface area contributed by atoms with Gasteiger partial charge in [0.15, 0.2) is 5.96 Å². The maximum Gasteiger partial charge on any atom is 0.243 e. The molecule has 0 radical (unpaired) electrons. The first kappa shape index (κ1) is 24.6. The largest absolute Gasteiger partial charge is 0.356 e. The highest BCUT2D eigenvalue weighted by atomic mass is 35.5. The number of guanidine groups is 1. The molecule has 10 heteroatoms. The number of likely N-dealkylation sites (N-methyl/N-ethyl adjacent to an activating group) is 1. The lowest BCUT2D eigenvalue weighted by molar-refractivity contribution is -0.127. The topological polar surface area (TPSA) is 90.9 Å². The van der Waals surface area contributed by atoms with Crippen LogP contribution in [0.25, 0.3) is 0 Å². The number of hydrogen-bond acceptors (Lipinski definition) is 5. The van der Waals surface area contributed by atoms with Crippen LogP contribution in [0.5, 0.6) is 0 Å². The molecule has 1 aromatic carbocycles. The van der Waals surface area contributed by atoms with E-state index in [9.17, 15) is 13.2 Å². The number of amides is 1. The molecule has 0 heterocycles. The van der Waals surface area contributed by atoms with E-state index in [1.807, 2.05) is 31.2 Å². The molecule has 1 atom stereocenters. The Balaban J connectivity index is 2.57. The number of sulfone groups is 1. The first-order chi connectivity index (χ1) is 13.1. The summed E-state index contributed by atoms with van der Waals surface area (Å²) < 4.78 is 22.7. The Morgan fingerprint density at radius 2 is 1.93 bits per heavy atom. The Hall–Kier alpha value is -1.45. The number of carbonyl (C=O) groups is 1. The van der Waals surface area contributed by atoms with Gasteiger partial charge in [-0.3, -0.25) is 4.79 Å². The van der Waals surface area contributed by atoms with Crippen molar-refractivity contribution >= 4 is 45.1 Å². The fraction of sp³-hybridized carbons (Fsp3) is 0.556. The number of thioether (sulfide) groups is 1. The molecule has 28 heavy (non-hydrogen) atoms. The van der Waals surface area contributed by atoms with Gasteiger partial charge in [-0.05, 0) is 37.6 Å². The number of hydrogen-bond donors (Lipinski definition) is 2. The van der Waals surface area contributed by atoms with Gasteiger partial charge in [0.1, 0.15) is 16.4 Å². The molecule has 0 fully saturated rings. The highest BCUT2D eigenvalue weighted by molar-refractivity contribution is 7.99. The first-order valence-electron chi connectivity index (χ1n) is 8.88. The molecule has 158 valence electrons. The van der Waals surface area contributed by atoms with E-state index in [1.54, 1.807) is 25.9 Å². The van der Waals surface area contributed by atoms with Crippen LogP contribution in [0.15, 0.2) is 34.2 Å². The van der Waals surface area contributed by atoms with Gasteiger partial charge in [-0.25, -0.2) is 13.4 Å². The number of carbonyl (C=O) groups excluding carboxylic acids is 1. The van der Waals surface area contributed by atoms with Crippen molar-refractivity contribution in [1.29, 1.82) is 0 Å². The molecule has 0 saturated carbocycles. The van der Waals surface area contributed by atoms with Crippen molar-refractivity contribution in [2.24, 2.45) is 4.99 Å². The summed E-state index contributed by atoms with van der Waals surface area (Å²) in [6, 6.07) is 7.52. The number of nitrogens with zero attached hydrogens (tertiary/aromatic N) is 2. The second kappa shape index (κ2) is 12.2. The Morgan fingerprint density at radius 3 is 2.50 bits per heavy atom. The summed E-state index contributed by atoms with van der Waals surface area (Å²) >= 11 is 7.56. The molecule has 0 spiro atoms. The Kier molecular flexibility index (Phi) is 10.7. The van der Waals surface area contributed by atoms with E-state index < -0.39 is 9.84 Å². The molecule has 7 nitrogen and oxygen atoms in total. The van der Waals surface area contributed by atoms with Gasteiger partial charge < -0.3 is 15.5 Å². The van der Waals surface area contributed by atoms with E-state index in [1.165, 1.54) is 11.2 Å². The third kappa shape index (κ3) is 11.4. The number of aliphatic imine (C=N–C) groups is 1. The van der Waals surface area contributed by atoms with Gasteiger partial charge in [0.2, 0.25) is 5.91 Å². The molecule has 2 N–H and O–H groups in total. The van der Waals surface area contributed by atoms with E-state index >= 15 is 0 Å². The number of nitrogens with one attached hydrogen (secondary N) is 2. The van der Waals surface area contributed by atoms with Crippen LogP contribution >= 0.6 is 23.4 Å². The molecule has 1 unspecified atom stereocenters. The normalized spacial score (nSPS) is 13.1. The van der Waals surface area contributed by atoms with Crippen molar-refractivity contribution in [2.45, 2.75) is 24.3 Å². The summed E-state index contributed by atoms with van der Waals surface area (Å²) in [7, 11) is 0.333. The third-order valence-corrected chi connectivity index (χ3v) is 5.90. The summed E-state index contributed by atoms with van der Waals surface area (Å²) in [6.07, 6.45) is 1.68. The van der Waals surface area contributed by atoms with Crippen molar-refractivity contribution in [3.05, 3.63) is 29.3 Å². The zero-order valence-corrected chi connectivity index (χ0v) is 19.1. The Bertz CT molecular complexity index is 753. The van der Waals surface area contributed by atoms with Gasteiger partial charge in [-0.1, -0.05) is 11.6 Å². The maximum absolute atomic E-state index is 11.8. The summed E-state index contributed by atoms with van der Waals surface area (Å²) in [6.45, 7) is 2.54. The molecule has 1 aromatic rings. The zero-order valence-electron chi connectivity index (χ0n) is 16.7. The van der Waals surface area contributed by atoms with Crippen LogP contribution < -0.4 is 10.6 Å². The summed E-state index contributed by atoms with van der Waals surface area (Å²) in [4.78, 5) is 18.7. The molecule has 0 aliphatic rings. The fourth-order valence-electron chi connectivity index (χ4n) is 2.01. The molecule has 1 amide bonds. The minimum absolute atomic E-state index is 0.0193. The minimum Gasteiger partial charge on any atom is -0.356 e. The molecule has 0 saturated heterocycles. The van der Waals surface area contributed by atoms with E-state index in [4.69, 9.17) is 11.6 Å². The second-order valence-corrected chi connectivity index (χ2v) is 10.5. The standard InChI is InChI=1S/C18H29ClN4O3S2/c1-14(9-12-28(4,25)26)22-18(21-13-17(24)23(2)3)20-10-11-27-16-7-5-15(19)6-8-16/h5-8,14H,9-13H2,1-4H3,(H2,20,21,22).